The highest BCUT2D eigenvalue weighted by atomic mass is 16.5. The predicted octanol–water partition coefficient (Wildman–Crippen LogP) is 2.69. The Morgan fingerprint density at radius 2 is 2.04 bits per heavy atom. The van der Waals surface area contributed by atoms with Crippen molar-refractivity contribution < 1.29 is 4.52 Å². The molecule has 1 N–H and O–H groups in total. The van der Waals surface area contributed by atoms with Crippen LogP contribution in [0.1, 0.15) is 38.1 Å². The maximum Gasteiger partial charge on any atom is 0.261 e. The molecule has 0 radical (unpaired) electrons. The molecule has 6 nitrogen and oxygen atoms in total. The van der Waals surface area contributed by atoms with E-state index in [0.29, 0.717) is 24.4 Å². The van der Waals surface area contributed by atoms with Crippen LogP contribution in [0.4, 0.5) is 0 Å². The minimum Gasteiger partial charge on any atom is -0.361 e. The minimum atomic E-state index is -0.0159. The zero-order valence-electron chi connectivity index (χ0n) is 14.2. The molecule has 126 valence electrons. The first-order valence-electron chi connectivity index (χ1n) is 8.17. The number of aromatic nitrogens is 3. The summed E-state index contributed by atoms with van der Waals surface area (Å²) < 4.78 is 6.93. The Labute approximate surface area is 140 Å². The van der Waals surface area contributed by atoms with Gasteiger partial charge in [-0.1, -0.05) is 31.1 Å². The van der Waals surface area contributed by atoms with E-state index in [2.05, 4.69) is 29.3 Å². The molecular formula is C18H22N4O2. The van der Waals surface area contributed by atoms with Crippen molar-refractivity contribution in [3.05, 3.63) is 58.5 Å². The van der Waals surface area contributed by atoms with Gasteiger partial charge in [-0.3, -0.25) is 9.36 Å². The van der Waals surface area contributed by atoms with E-state index in [1.165, 1.54) is 0 Å². The molecule has 1 atom stereocenters. The summed E-state index contributed by atoms with van der Waals surface area (Å²) in [5, 5.41) is 8.07. The maximum absolute atomic E-state index is 12.5. The summed E-state index contributed by atoms with van der Waals surface area (Å²) in [4.78, 5) is 16.8. The van der Waals surface area contributed by atoms with Crippen LogP contribution in [0.25, 0.3) is 10.9 Å². The monoisotopic (exact) mass is 326 g/mol. The van der Waals surface area contributed by atoms with Crippen LogP contribution < -0.4 is 10.9 Å². The fourth-order valence-corrected chi connectivity index (χ4v) is 2.56. The van der Waals surface area contributed by atoms with Gasteiger partial charge in [-0.15, -0.1) is 0 Å². The number of fused-ring (bicyclic) bond motifs is 1. The molecule has 0 aliphatic rings. The first kappa shape index (κ1) is 16.4. The van der Waals surface area contributed by atoms with Crippen molar-refractivity contribution in [1.82, 2.24) is 20.0 Å². The van der Waals surface area contributed by atoms with Gasteiger partial charge in [0.1, 0.15) is 5.76 Å². The molecule has 2 aromatic heterocycles. The maximum atomic E-state index is 12.5. The molecule has 0 saturated carbocycles. The van der Waals surface area contributed by atoms with Crippen LogP contribution in [0.3, 0.4) is 0 Å². The Bertz CT molecular complexity index is 882. The second-order valence-corrected chi connectivity index (χ2v) is 6.38. The van der Waals surface area contributed by atoms with E-state index < -0.39 is 0 Å². The summed E-state index contributed by atoms with van der Waals surface area (Å²) in [5.41, 5.74) is 1.58. The highest BCUT2D eigenvalue weighted by molar-refractivity contribution is 5.76. The third-order valence-corrected chi connectivity index (χ3v) is 3.98. The minimum absolute atomic E-state index is 0.0159. The van der Waals surface area contributed by atoms with Gasteiger partial charge >= 0.3 is 0 Å². The average molecular weight is 326 g/mol. The lowest BCUT2D eigenvalue weighted by Gasteiger charge is -2.14. The molecule has 1 unspecified atom stereocenters. The molecular weight excluding hydrogens is 304 g/mol. The van der Waals surface area contributed by atoms with E-state index in [4.69, 9.17) is 4.52 Å². The van der Waals surface area contributed by atoms with Gasteiger partial charge in [0, 0.05) is 31.1 Å². The fourth-order valence-electron chi connectivity index (χ4n) is 2.56. The Hall–Kier alpha value is -2.47. The number of benzene rings is 1. The lowest BCUT2D eigenvalue weighted by atomic mass is 10.1. The number of nitrogens with one attached hydrogen (secondary N) is 1. The van der Waals surface area contributed by atoms with Crippen molar-refractivity contribution in [1.29, 1.82) is 0 Å². The molecule has 0 amide bonds. The van der Waals surface area contributed by atoms with Gasteiger partial charge in [-0.05, 0) is 19.1 Å². The van der Waals surface area contributed by atoms with Crippen molar-refractivity contribution in [3.63, 3.8) is 0 Å². The third-order valence-electron chi connectivity index (χ3n) is 3.98. The lowest BCUT2D eigenvalue weighted by molar-refractivity contribution is 0.361. The zero-order chi connectivity index (χ0) is 17.1. The lowest BCUT2D eigenvalue weighted by Crippen LogP contribution is -2.34. The Kier molecular flexibility index (Phi) is 4.76. The molecule has 0 fully saturated rings. The Morgan fingerprint density at radius 1 is 1.25 bits per heavy atom. The molecule has 6 heteroatoms. The standard InChI is InChI=1S/C18H22N4O2/c1-12(2)17-8-14(21-24-17)9-19-13(3)10-22-11-20-16-7-5-4-6-15(16)18(22)23/h4-8,11-13,19H,9-10H2,1-3H3. The number of hydrogen-bond acceptors (Lipinski definition) is 5. The zero-order valence-corrected chi connectivity index (χ0v) is 14.2. The second kappa shape index (κ2) is 6.97. The van der Waals surface area contributed by atoms with Crippen LogP contribution in [-0.4, -0.2) is 20.7 Å². The highest BCUT2D eigenvalue weighted by Crippen LogP contribution is 2.14. The van der Waals surface area contributed by atoms with Gasteiger partial charge in [-0.2, -0.15) is 0 Å². The van der Waals surface area contributed by atoms with Crippen molar-refractivity contribution in [2.24, 2.45) is 0 Å². The normalized spacial score (nSPS) is 12.8. The predicted molar refractivity (Wildman–Crippen MR) is 92.9 cm³/mol. The van der Waals surface area contributed by atoms with Crippen molar-refractivity contribution in [2.75, 3.05) is 0 Å². The van der Waals surface area contributed by atoms with Gasteiger partial charge in [0.2, 0.25) is 0 Å². The summed E-state index contributed by atoms with van der Waals surface area (Å²) in [6.45, 7) is 7.32. The molecule has 3 rings (SSSR count). The van der Waals surface area contributed by atoms with Crippen LogP contribution in [0, 0.1) is 0 Å². The van der Waals surface area contributed by atoms with Gasteiger partial charge in [0.25, 0.3) is 5.56 Å². The van der Waals surface area contributed by atoms with Crippen LogP contribution in [0.15, 0.2) is 46.0 Å². The molecule has 3 aromatic rings. The molecule has 1 aromatic carbocycles. The molecule has 0 spiro atoms. The van der Waals surface area contributed by atoms with Crippen molar-refractivity contribution in [2.45, 2.75) is 45.8 Å². The van der Waals surface area contributed by atoms with Crippen LogP contribution >= 0.6 is 0 Å². The number of para-hydroxylation sites is 1. The average Bonchev–Trinajstić information content (AvgIpc) is 3.05. The van der Waals surface area contributed by atoms with E-state index in [0.717, 1.165) is 17.0 Å². The quantitative estimate of drug-likeness (QED) is 0.754. The summed E-state index contributed by atoms with van der Waals surface area (Å²) in [7, 11) is 0. The summed E-state index contributed by atoms with van der Waals surface area (Å²) in [6, 6.07) is 9.46. The van der Waals surface area contributed by atoms with Crippen LogP contribution in [-0.2, 0) is 13.1 Å². The largest absolute Gasteiger partial charge is 0.361 e. The topological polar surface area (TPSA) is 73.0 Å². The van der Waals surface area contributed by atoms with Gasteiger partial charge in [0.15, 0.2) is 0 Å². The SMILES string of the molecule is CC(Cn1cnc2ccccc2c1=O)NCc1cc(C(C)C)on1. The highest BCUT2D eigenvalue weighted by Gasteiger charge is 2.10. The first-order valence-corrected chi connectivity index (χ1v) is 8.17. The van der Waals surface area contributed by atoms with Gasteiger partial charge < -0.3 is 9.84 Å². The van der Waals surface area contributed by atoms with Crippen molar-refractivity contribution in [3.8, 4) is 0 Å². The van der Waals surface area contributed by atoms with E-state index in [1.807, 2.05) is 37.3 Å². The third kappa shape index (κ3) is 3.54. The van der Waals surface area contributed by atoms with Crippen LogP contribution in [0.2, 0.25) is 0 Å². The van der Waals surface area contributed by atoms with E-state index in [9.17, 15) is 4.79 Å². The summed E-state index contributed by atoms with van der Waals surface area (Å²) in [5.74, 6) is 1.21. The molecule has 0 bridgehead atoms. The van der Waals surface area contributed by atoms with Gasteiger partial charge in [-0.25, -0.2) is 4.98 Å². The number of hydrogen-bond donors (Lipinski definition) is 1. The van der Waals surface area contributed by atoms with Gasteiger partial charge in [0.05, 0.1) is 22.9 Å². The van der Waals surface area contributed by atoms with E-state index in [1.54, 1.807) is 10.9 Å². The van der Waals surface area contributed by atoms with Crippen LogP contribution in [0.5, 0.6) is 0 Å². The summed E-state index contributed by atoms with van der Waals surface area (Å²) in [6.07, 6.45) is 1.61. The smallest absolute Gasteiger partial charge is 0.261 e. The molecule has 0 aliphatic carbocycles. The molecule has 0 saturated heterocycles. The first-order chi connectivity index (χ1) is 11.5. The molecule has 0 aliphatic heterocycles. The molecule has 24 heavy (non-hydrogen) atoms. The molecule has 2 heterocycles. The Balaban J connectivity index is 1.65. The Morgan fingerprint density at radius 3 is 2.79 bits per heavy atom. The van der Waals surface area contributed by atoms with E-state index in [-0.39, 0.29) is 11.6 Å². The van der Waals surface area contributed by atoms with E-state index >= 15 is 0 Å². The summed E-state index contributed by atoms with van der Waals surface area (Å²) >= 11 is 0. The second-order valence-electron chi connectivity index (χ2n) is 6.38. The fraction of sp³-hybridized carbons (Fsp3) is 0.389. The number of rotatable bonds is 6. The number of nitrogens with zero attached hydrogens (tertiary/aromatic N) is 3. The van der Waals surface area contributed by atoms with Crippen molar-refractivity contribution >= 4 is 10.9 Å².